The van der Waals surface area contributed by atoms with Crippen LogP contribution in [0.1, 0.15) is 27.7 Å². The fraction of sp³-hybridized carbons (Fsp3) is 1.00. The fourth-order valence-corrected chi connectivity index (χ4v) is 2.38. The molecule has 80 valence electrons. The Hall–Kier alpha value is -0.130. The largest absolute Gasteiger partial charge is 0.395 e. The van der Waals surface area contributed by atoms with Crippen molar-refractivity contribution in [3.8, 4) is 0 Å². The Kier molecular flexibility index (Phi) is 4.35. The Morgan fingerprint density at radius 2 is 1.77 bits per heavy atom. The van der Waals surface area contributed by atoms with Crippen molar-refractivity contribution in [2.45, 2.75) is 32.4 Å². The van der Waals surface area contributed by atoms with E-state index in [0.717, 1.165) is 0 Å². The summed E-state index contributed by atoms with van der Waals surface area (Å²) in [6.45, 7) is 7.17. The van der Waals surface area contributed by atoms with Gasteiger partial charge in [0.25, 0.3) is 0 Å². The van der Waals surface area contributed by atoms with Gasteiger partial charge in [0.2, 0.25) is 10.0 Å². The summed E-state index contributed by atoms with van der Waals surface area (Å²) in [6.07, 6.45) is 0. The van der Waals surface area contributed by atoms with Crippen LogP contribution in [0.15, 0.2) is 0 Å². The lowest BCUT2D eigenvalue weighted by atomic mass is 10.3. The van der Waals surface area contributed by atoms with Gasteiger partial charge in [-0.1, -0.05) is 6.92 Å². The van der Waals surface area contributed by atoms with Crippen LogP contribution < -0.4 is 0 Å². The molecule has 13 heavy (non-hydrogen) atoms. The van der Waals surface area contributed by atoms with Gasteiger partial charge in [-0.3, -0.25) is 0 Å². The average molecular weight is 209 g/mol. The van der Waals surface area contributed by atoms with Crippen LogP contribution in [0.4, 0.5) is 0 Å². The molecule has 0 aliphatic carbocycles. The Bertz CT molecular complexity index is 241. The maximum absolute atomic E-state index is 11.8. The lowest BCUT2D eigenvalue weighted by Gasteiger charge is -2.28. The molecule has 0 saturated carbocycles. The number of rotatable bonds is 4. The van der Waals surface area contributed by atoms with Gasteiger partial charge in [-0.15, -0.1) is 0 Å². The first-order chi connectivity index (χ1) is 5.77. The molecule has 0 fully saturated rings. The number of aliphatic hydroxyl groups excluding tert-OH is 1. The predicted octanol–water partition coefficient (Wildman–Crippen LogP) is 0.429. The molecule has 0 amide bonds. The van der Waals surface area contributed by atoms with Crippen LogP contribution in [0.3, 0.4) is 0 Å². The van der Waals surface area contributed by atoms with Crippen molar-refractivity contribution in [2.24, 2.45) is 0 Å². The maximum atomic E-state index is 11.8. The molecule has 0 rings (SSSR count). The first-order valence-electron chi connectivity index (χ1n) is 4.38. The zero-order chi connectivity index (χ0) is 10.7. The summed E-state index contributed by atoms with van der Waals surface area (Å²) in [7, 11) is -3.28. The first-order valence-corrected chi connectivity index (χ1v) is 5.82. The molecular weight excluding hydrogens is 190 g/mol. The SMILES string of the molecule is CCN(CCO)S(=O)(=O)C(C)(C)C. The van der Waals surface area contributed by atoms with Crippen LogP contribution in [-0.4, -0.2) is 42.3 Å². The van der Waals surface area contributed by atoms with Gasteiger partial charge < -0.3 is 5.11 Å². The molecule has 1 N–H and O–H groups in total. The van der Waals surface area contributed by atoms with Gasteiger partial charge in [0.15, 0.2) is 0 Å². The monoisotopic (exact) mass is 209 g/mol. The van der Waals surface area contributed by atoms with Crippen LogP contribution in [0.25, 0.3) is 0 Å². The van der Waals surface area contributed by atoms with Gasteiger partial charge in [0.05, 0.1) is 11.4 Å². The van der Waals surface area contributed by atoms with Crippen LogP contribution in [0.5, 0.6) is 0 Å². The topological polar surface area (TPSA) is 57.6 Å². The third-order valence-electron chi connectivity index (χ3n) is 1.82. The van der Waals surface area contributed by atoms with E-state index in [2.05, 4.69) is 0 Å². The Labute approximate surface area is 80.6 Å². The number of likely N-dealkylation sites (N-methyl/N-ethyl adjacent to an activating group) is 1. The van der Waals surface area contributed by atoms with Gasteiger partial charge in [-0.2, -0.15) is 4.31 Å². The summed E-state index contributed by atoms with van der Waals surface area (Å²) in [5.41, 5.74) is 0. The summed E-state index contributed by atoms with van der Waals surface area (Å²) < 4.78 is 24.1. The minimum Gasteiger partial charge on any atom is -0.395 e. The Morgan fingerprint density at radius 3 is 2.00 bits per heavy atom. The highest BCUT2D eigenvalue weighted by molar-refractivity contribution is 7.90. The van der Waals surface area contributed by atoms with Gasteiger partial charge in [0.1, 0.15) is 0 Å². The highest BCUT2D eigenvalue weighted by Crippen LogP contribution is 2.19. The standard InChI is InChI=1S/C8H19NO3S/c1-5-9(6-7-10)13(11,12)8(2,3)4/h10H,5-7H2,1-4H3. The molecule has 0 aliphatic heterocycles. The Balaban J connectivity index is 4.80. The van der Waals surface area contributed by atoms with E-state index in [0.29, 0.717) is 6.54 Å². The van der Waals surface area contributed by atoms with Crippen molar-refractivity contribution in [3.05, 3.63) is 0 Å². The van der Waals surface area contributed by atoms with Gasteiger partial charge in [-0.05, 0) is 20.8 Å². The van der Waals surface area contributed by atoms with Gasteiger partial charge in [-0.25, -0.2) is 8.42 Å². The average Bonchev–Trinajstić information content (AvgIpc) is 1.97. The van der Waals surface area contributed by atoms with Gasteiger partial charge in [0, 0.05) is 13.1 Å². The molecule has 0 heterocycles. The minimum atomic E-state index is -3.28. The zero-order valence-electron chi connectivity index (χ0n) is 8.74. The van der Waals surface area contributed by atoms with E-state index in [1.54, 1.807) is 27.7 Å². The summed E-state index contributed by atoms with van der Waals surface area (Å²) in [5.74, 6) is 0. The summed E-state index contributed by atoms with van der Waals surface area (Å²) in [6, 6.07) is 0. The van der Waals surface area contributed by atoms with Crippen molar-refractivity contribution in [1.29, 1.82) is 0 Å². The molecule has 4 nitrogen and oxygen atoms in total. The molecule has 0 spiro atoms. The van der Waals surface area contributed by atoms with E-state index >= 15 is 0 Å². The number of hydrogen-bond donors (Lipinski definition) is 1. The third kappa shape index (κ3) is 2.93. The molecule has 0 aromatic rings. The zero-order valence-corrected chi connectivity index (χ0v) is 9.56. The lowest BCUT2D eigenvalue weighted by molar-refractivity contribution is 0.255. The molecule has 0 aromatic carbocycles. The van der Waals surface area contributed by atoms with E-state index in [9.17, 15) is 8.42 Å². The minimum absolute atomic E-state index is 0.136. The van der Waals surface area contributed by atoms with E-state index < -0.39 is 14.8 Å². The summed E-state index contributed by atoms with van der Waals surface area (Å²) in [4.78, 5) is 0. The third-order valence-corrected chi connectivity index (χ3v) is 4.48. The molecule has 0 aromatic heterocycles. The molecule has 0 bridgehead atoms. The smallest absolute Gasteiger partial charge is 0.219 e. The van der Waals surface area contributed by atoms with Crippen molar-refractivity contribution < 1.29 is 13.5 Å². The van der Waals surface area contributed by atoms with E-state index in [1.165, 1.54) is 4.31 Å². The maximum Gasteiger partial charge on any atom is 0.219 e. The van der Waals surface area contributed by atoms with Crippen LogP contribution in [0, 0.1) is 0 Å². The second-order valence-electron chi connectivity index (χ2n) is 3.83. The molecule has 5 heteroatoms. The van der Waals surface area contributed by atoms with Crippen molar-refractivity contribution in [3.63, 3.8) is 0 Å². The summed E-state index contributed by atoms with van der Waals surface area (Å²) >= 11 is 0. The number of hydrogen-bond acceptors (Lipinski definition) is 3. The molecule has 0 unspecified atom stereocenters. The van der Waals surface area contributed by atoms with Crippen molar-refractivity contribution in [2.75, 3.05) is 19.7 Å². The highest BCUT2D eigenvalue weighted by Gasteiger charge is 2.33. The molecule has 0 aliphatic rings. The molecule has 0 saturated heterocycles. The summed E-state index contributed by atoms with van der Waals surface area (Å²) in [5, 5.41) is 8.69. The second-order valence-corrected chi connectivity index (χ2v) is 6.52. The molecular formula is C8H19NO3S. The predicted molar refractivity (Wildman–Crippen MR) is 53.0 cm³/mol. The number of aliphatic hydroxyl groups is 1. The number of sulfonamides is 1. The van der Waals surface area contributed by atoms with Gasteiger partial charge >= 0.3 is 0 Å². The van der Waals surface area contributed by atoms with Crippen LogP contribution >= 0.6 is 0 Å². The van der Waals surface area contributed by atoms with E-state index in [1.807, 2.05) is 0 Å². The number of nitrogens with zero attached hydrogens (tertiary/aromatic N) is 1. The normalized spacial score (nSPS) is 13.7. The van der Waals surface area contributed by atoms with Crippen LogP contribution in [-0.2, 0) is 10.0 Å². The lowest BCUT2D eigenvalue weighted by Crippen LogP contribution is -2.44. The van der Waals surface area contributed by atoms with Crippen LogP contribution in [0.2, 0.25) is 0 Å². The molecule has 0 radical (unpaired) electrons. The van der Waals surface area contributed by atoms with E-state index in [-0.39, 0.29) is 13.2 Å². The highest BCUT2D eigenvalue weighted by atomic mass is 32.2. The van der Waals surface area contributed by atoms with Crippen molar-refractivity contribution in [1.82, 2.24) is 4.31 Å². The second kappa shape index (κ2) is 4.39. The van der Waals surface area contributed by atoms with E-state index in [4.69, 9.17) is 5.11 Å². The first kappa shape index (κ1) is 12.9. The fourth-order valence-electron chi connectivity index (χ4n) is 0.947. The quantitative estimate of drug-likeness (QED) is 0.730. The molecule has 0 atom stereocenters. The van der Waals surface area contributed by atoms with Crippen molar-refractivity contribution >= 4 is 10.0 Å². The Morgan fingerprint density at radius 1 is 1.31 bits per heavy atom.